The van der Waals surface area contributed by atoms with E-state index in [1.54, 1.807) is 0 Å². The van der Waals surface area contributed by atoms with Crippen LogP contribution in [0, 0.1) is 0 Å². The minimum Gasteiger partial charge on any atom is -0.378 e. The first-order valence-corrected chi connectivity index (χ1v) is 8.60. The Morgan fingerprint density at radius 1 is 1.11 bits per heavy atom. The monoisotopic (exact) mass is 309 g/mol. The number of thioether (sulfide) groups is 1. The van der Waals surface area contributed by atoms with E-state index in [0.717, 1.165) is 18.7 Å². The second-order valence-corrected chi connectivity index (χ2v) is 5.59. The Hall–Kier alpha value is 0.0900. The number of thiol groups is 1. The highest BCUT2D eigenvalue weighted by Crippen LogP contribution is 2.02. The van der Waals surface area contributed by atoms with Crippen molar-refractivity contribution in [2.45, 2.75) is 32.6 Å². The van der Waals surface area contributed by atoms with Crippen LogP contribution in [0.4, 0.5) is 4.79 Å². The molecule has 0 spiro atoms. The summed E-state index contributed by atoms with van der Waals surface area (Å²) in [7, 11) is 0. The summed E-state index contributed by atoms with van der Waals surface area (Å²) in [5.41, 5.74) is 0. The van der Waals surface area contributed by atoms with E-state index in [1.165, 1.54) is 31.0 Å². The van der Waals surface area contributed by atoms with Crippen LogP contribution >= 0.6 is 24.4 Å². The summed E-state index contributed by atoms with van der Waals surface area (Å²) in [6.07, 6.45) is 4.72. The van der Waals surface area contributed by atoms with Crippen LogP contribution in [-0.4, -0.2) is 49.7 Å². The van der Waals surface area contributed by atoms with Crippen molar-refractivity contribution < 1.29 is 14.3 Å². The van der Waals surface area contributed by atoms with Crippen molar-refractivity contribution in [3.8, 4) is 0 Å². The summed E-state index contributed by atoms with van der Waals surface area (Å²) in [4.78, 5) is 11.4. The molecular formula is C13H27NO3S2. The molecule has 0 heterocycles. The van der Waals surface area contributed by atoms with E-state index < -0.39 is 0 Å². The van der Waals surface area contributed by atoms with Gasteiger partial charge in [0.1, 0.15) is 0 Å². The van der Waals surface area contributed by atoms with Crippen molar-refractivity contribution in [1.29, 1.82) is 0 Å². The van der Waals surface area contributed by atoms with Gasteiger partial charge in [0.2, 0.25) is 0 Å². The number of carbonyl (C=O) groups is 1. The molecule has 0 atom stereocenters. The molecule has 0 bridgehead atoms. The molecule has 0 unspecified atom stereocenters. The molecule has 0 aromatic rings. The molecule has 0 radical (unpaired) electrons. The first-order chi connectivity index (χ1) is 9.31. The Morgan fingerprint density at radius 2 is 1.84 bits per heavy atom. The number of ether oxygens (including phenoxy) is 2. The molecule has 0 saturated carbocycles. The highest BCUT2D eigenvalue weighted by atomic mass is 32.2. The lowest BCUT2D eigenvalue weighted by Crippen LogP contribution is -2.20. The molecule has 0 aliphatic carbocycles. The highest BCUT2D eigenvalue weighted by Gasteiger charge is 2.00. The smallest absolute Gasteiger partial charge is 0.279 e. The van der Waals surface area contributed by atoms with Crippen molar-refractivity contribution in [1.82, 2.24) is 5.32 Å². The van der Waals surface area contributed by atoms with E-state index in [-0.39, 0.29) is 5.24 Å². The standard InChI is InChI=1S/C13H27NO3S2/c1-2-3-4-5-6-14-13(15)19-12-10-17-8-7-16-9-11-18/h18H,2-12H2,1H3,(H,14,15). The SMILES string of the molecule is CCCCCCNC(=O)SCCOCCOCCS. The largest absolute Gasteiger partial charge is 0.378 e. The van der Waals surface area contributed by atoms with Crippen LogP contribution in [0.3, 0.4) is 0 Å². The third-order valence-corrected chi connectivity index (χ3v) is 3.33. The van der Waals surface area contributed by atoms with Crippen molar-refractivity contribution in [2.24, 2.45) is 0 Å². The third kappa shape index (κ3) is 16.0. The van der Waals surface area contributed by atoms with Crippen molar-refractivity contribution in [2.75, 3.05) is 44.5 Å². The maximum atomic E-state index is 11.4. The van der Waals surface area contributed by atoms with Crippen LogP contribution in [0.2, 0.25) is 0 Å². The number of rotatable bonds is 13. The fourth-order valence-electron chi connectivity index (χ4n) is 1.37. The lowest BCUT2D eigenvalue weighted by atomic mass is 10.2. The molecule has 19 heavy (non-hydrogen) atoms. The third-order valence-electron chi connectivity index (χ3n) is 2.37. The average molecular weight is 309 g/mol. The van der Waals surface area contributed by atoms with E-state index in [0.29, 0.717) is 32.2 Å². The number of hydrogen-bond donors (Lipinski definition) is 2. The van der Waals surface area contributed by atoms with Crippen LogP contribution in [0.15, 0.2) is 0 Å². The molecule has 1 N–H and O–H groups in total. The van der Waals surface area contributed by atoms with Crippen molar-refractivity contribution in [3.05, 3.63) is 0 Å². The second-order valence-electron chi connectivity index (χ2n) is 4.07. The second kappa shape index (κ2) is 16.1. The van der Waals surface area contributed by atoms with Gasteiger partial charge in [0.25, 0.3) is 5.24 Å². The van der Waals surface area contributed by atoms with Gasteiger partial charge in [-0.25, -0.2) is 0 Å². The Bertz CT molecular complexity index is 206. The highest BCUT2D eigenvalue weighted by molar-refractivity contribution is 8.13. The molecule has 0 aromatic heterocycles. The van der Waals surface area contributed by atoms with Crippen LogP contribution in [-0.2, 0) is 9.47 Å². The van der Waals surface area contributed by atoms with E-state index in [4.69, 9.17) is 9.47 Å². The average Bonchev–Trinajstić information content (AvgIpc) is 2.41. The van der Waals surface area contributed by atoms with E-state index in [9.17, 15) is 4.79 Å². The fourth-order valence-corrected chi connectivity index (χ4v) is 2.09. The normalized spacial score (nSPS) is 10.6. The molecular weight excluding hydrogens is 282 g/mol. The Kier molecular flexibility index (Phi) is 16.2. The number of nitrogens with one attached hydrogen (secondary N) is 1. The van der Waals surface area contributed by atoms with E-state index in [2.05, 4.69) is 24.9 Å². The van der Waals surface area contributed by atoms with Gasteiger partial charge in [-0.3, -0.25) is 4.79 Å². The summed E-state index contributed by atoms with van der Waals surface area (Å²) in [5, 5.41) is 2.94. The summed E-state index contributed by atoms with van der Waals surface area (Å²) >= 11 is 5.32. The molecule has 0 aliphatic heterocycles. The lowest BCUT2D eigenvalue weighted by molar-refractivity contribution is 0.0606. The minimum absolute atomic E-state index is 0.0476. The number of hydrogen-bond acceptors (Lipinski definition) is 5. The summed E-state index contributed by atoms with van der Waals surface area (Å²) in [6, 6.07) is 0. The maximum Gasteiger partial charge on any atom is 0.279 e. The minimum atomic E-state index is 0.0476. The van der Waals surface area contributed by atoms with Crippen molar-refractivity contribution >= 4 is 29.6 Å². The lowest BCUT2D eigenvalue weighted by Gasteiger charge is -2.06. The molecule has 0 saturated heterocycles. The van der Waals surface area contributed by atoms with E-state index in [1.807, 2.05) is 0 Å². The van der Waals surface area contributed by atoms with Gasteiger partial charge >= 0.3 is 0 Å². The zero-order valence-corrected chi connectivity index (χ0v) is 13.6. The molecule has 6 heteroatoms. The van der Waals surface area contributed by atoms with Gasteiger partial charge in [0.05, 0.1) is 26.4 Å². The topological polar surface area (TPSA) is 47.6 Å². The Labute approximate surface area is 126 Å². The molecule has 0 rings (SSSR count). The van der Waals surface area contributed by atoms with Gasteiger partial charge in [0.15, 0.2) is 0 Å². The molecule has 114 valence electrons. The maximum absolute atomic E-state index is 11.4. The van der Waals surface area contributed by atoms with Gasteiger partial charge in [-0.1, -0.05) is 37.9 Å². The van der Waals surface area contributed by atoms with Gasteiger partial charge in [0, 0.05) is 18.1 Å². The van der Waals surface area contributed by atoms with Crippen LogP contribution in [0.1, 0.15) is 32.6 Å². The van der Waals surface area contributed by atoms with Crippen LogP contribution in [0.25, 0.3) is 0 Å². The first-order valence-electron chi connectivity index (χ1n) is 6.98. The molecule has 0 aromatic carbocycles. The quantitative estimate of drug-likeness (QED) is 0.406. The summed E-state index contributed by atoms with van der Waals surface area (Å²) in [6.45, 7) is 5.36. The predicted octanol–water partition coefficient (Wildman–Crippen LogP) is 2.97. The Morgan fingerprint density at radius 3 is 2.53 bits per heavy atom. The molecule has 1 amide bonds. The zero-order valence-electron chi connectivity index (χ0n) is 11.9. The fraction of sp³-hybridized carbons (Fsp3) is 0.923. The van der Waals surface area contributed by atoms with Crippen LogP contribution < -0.4 is 5.32 Å². The molecule has 0 aliphatic rings. The molecule has 0 fully saturated rings. The van der Waals surface area contributed by atoms with E-state index >= 15 is 0 Å². The zero-order chi connectivity index (χ0) is 14.2. The van der Waals surface area contributed by atoms with Crippen LogP contribution in [0.5, 0.6) is 0 Å². The van der Waals surface area contributed by atoms with Gasteiger partial charge in [-0.2, -0.15) is 12.6 Å². The number of carbonyl (C=O) groups excluding carboxylic acids is 1. The summed E-state index contributed by atoms with van der Waals surface area (Å²) in [5.74, 6) is 1.42. The Balaban J connectivity index is 3.12. The van der Waals surface area contributed by atoms with Gasteiger partial charge in [-0.15, -0.1) is 0 Å². The first kappa shape index (κ1) is 19.1. The van der Waals surface area contributed by atoms with Crippen molar-refractivity contribution in [3.63, 3.8) is 0 Å². The summed E-state index contributed by atoms with van der Waals surface area (Å²) < 4.78 is 10.5. The number of unbranched alkanes of at least 4 members (excludes halogenated alkanes) is 3. The van der Waals surface area contributed by atoms with Gasteiger partial charge in [-0.05, 0) is 6.42 Å². The van der Waals surface area contributed by atoms with Gasteiger partial charge < -0.3 is 14.8 Å². The number of amides is 1. The predicted molar refractivity (Wildman–Crippen MR) is 85.5 cm³/mol. The molecule has 4 nitrogen and oxygen atoms in total.